The van der Waals surface area contributed by atoms with Crippen LogP contribution in [0.5, 0.6) is 0 Å². The molecule has 0 unspecified atom stereocenters. The molecule has 0 aliphatic rings. The number of halogens is 1. The Labute approximate surface area is 113 Å². The first kappa shape index (κ1) is 14.3. The third-order valence-corrected chi connectivity index (χ3v) is 3.19. The smallest absolute Gasteiger partial charge is 0.0609 e. The zero-order valence-corrected chi connectivity index (χ0v) is 12.6. The van der Waals surface area contributed by atoms with Crippen LogP contribution in [0.1, 0.15) is 33.3 Å². The summed E-state index contributed by atoms with van der Waals surface area (Å²) in [4.78, 5) is 2.38. The molecule has 92 valence electrons. The molecule has 0 aliphatic heterocycles. The van der Waals surface area contributed by atoms with Gasteiger partial charge < -0.3 is 0 Å². The van der Waals surface area contributed by atoms with Crippen LogP contribution in [0.25, 0.3) is 0 Å². The summed E-state index contributed by atoms with van der Waals surface area (Å²) in [6.45, 7) is 9.66. The summed E-state index contributed by atoms with van der Waals surface area (Å²) in [6, 6.07) is 9.18. The SMILES string of the molecule is CC(C)N(CC#Cc1ccc(Br)cc1)C(C)C. The Kier molecular flexibility index (Phi) is 5.74. The van der Waals surface area contributed by atoms with E-state index in [1.54, 1.807) is 0 Å². The van der Waals surface area contributed by atoms with Crippen molar-refractivity contribution in [3.63, 3.8) is 0 Å². The van der Waals surface area contributed by atoms with Gasteiger partial charge in [0.1, 0.15) is 0 Å². The molecule has 0 aliphatic carbocycles. The molecule has 0 aromatic heterocycles. The van der Waals surface area contributed by atoms with Crippen LogP contribution in [0.15, 0.2) is 28.7 Å². The van der Waals surface area contributed by atoms with Crippen LogP contribution < -0.4 is 0 Å². The van der Waals surface area contributed by atoms with Crippen molar-refractivity contribution in [1.82, 2.24) is 4.90 Å². The summed E-state index contributed by atoms with van der Waals surface area (Å²) in [5.74, 6) is 6.44. The quantitative estimate of drug-likeness (QED) is 0.764. The van der Waals surface area contributed by atoms with Gasteiger partial charge in [-0.15, -0.1) is 0 Å². The molecule has 0 saturated heterocycles. The molecule has 1 rings (SSSR count). The minimum Gasteiger partial charge on any atom is -0.287 e. The third kappa shape index (κ3) is 4.93. The summed E-state index contributed by atoms with van der Waals surface area (Å²) in [7, 11) is 0. The summed E-state index contributed by atoms with van der Waals surface area (Å²) in [5.41, 5.74) is 1.07. The average Bonchev–Trinajstić information content (AvgIpc) is 2.25. The third-order valence-electron chi connectivity index (χ3n) is 2.67. The van der Waals surface area contributed by atoms with Crippen LogP contribution in [-0.2, 0) is 0 Å². The van der Waals surface area contributed by atoms with E-state index in [0.717, 1.165) is 16.6 Å². The molecule has 0 spiro atoms. The van der Waals surface area contributed by atoms with Gasteiger partial charge in [0.15, 0.2) is 0 Å². The standard InChI is InChI=1S/C15H20BrN/c1-12(2)17(13(3)4)11-5-6-14-7-9-15(16)10-8-14/h7-10,12-13H,11H2,1-4H3. The molecule has 0 bridgehead atoms. The fourth-order valence-electron chi connectivity index (χ4n) is 1.73. The highest BCUT2D eigenvalue weighted by Crippen LogP contribution is 2.09. The van der Waals surface area contributed by atoms with Crippen LogP contribution in [-0.4, -0.2) is 23.5 Å². The van der Waals surface area contributed by atoms with E-state index in [0.29, 0.717) is 12.1 Å². The average molecular weight is 294 g/mol. The van der Waals surface area contributed by atoms with Crippen molar-refractivity contribution in [2.45, 2.75) is 39.8 Å². The Hall–Kier alpha value is -0.780. The molecule has 0 radical (unpaired) electrons. The molecule has 1 aromatic carbocycles. The van der Waals surface area contributed by atoms with Crippen LogP contribution in [0, 0.1) is 11.8 Å². The van der Waals surface area contributed by atoms with Gasteiger partial charge in [-0.3, -0.25) is 4.90 Å². The lowest BCUT2D eigenvalue weighted by Gasteiger charge is -2.28. The topological polar surface area (TPSA) is 3.24 Å². The molecular formula is C15H20BrN. The lowest BCUT2D eigenvalue weighted by molar-refractivity contribution is 0.200. The van der Waals surface area contributed by atoms with Crippen LogP contribution in [0.4, 0.5) is 0 Å². The number of hydrogen-bond donors (Lipinski definition) is 0. The van der Waals surface area contributed by atoms with Crippen LogP contribution in [0.2, 0.25) is 0 Å². The molecule has 0 atom stereocenters. The first-order chi connectivity index (χ1) is 8.00. The van der Waals surface area contributed by atoms with E-state index in [1.807, 2.05) is 24.3 Å². The van der Waals surface area contributed by atoms with Gasteiger partial charge in [-0.25, -0.2) is 0 Å². The van der Waals surface area contributed by atoms with Crippen molar-refractivity contribution in [3.8, 4) is 11.8 Å². The van der Waals surface area contributed by atoms with Gasteiger partial charge >= 0.3 is 0 Å². The Balaban J connectivity index is 2.63. The maximum atomic E-state index is 3.42. The Morgan fingerprint density at radius 1 is 1.06 bits per heavy atom. The second kappa shape index (κ2) is 6.83. The first-order valence-electron chi connectivity index (χ1n) is 6.01. The van der Waals surface area contributed by atoms with E-state index in [4.69, 9.17) is 0 Å². The van der Waals surface area contributed by atoms with Crippen molar-refractivity contribution < 1.29 is 0 Å². The largest absolute Gasteiger partial charge is 0.287 e. The molecule has 1 nitrogen and oxygen atoms in total. The van der Waals surface area contributed by atoms with E-state index in [-0.39, 0.29) is 0 Å². The Bertz CT molecular complexity index is 387. The lowest BCUT2D eigenvalue weighted by atomic mass is 10.2. The molecule has 0 saturated carbocycles. The fourth-order valence-corrected chi connectivity index (χ4v) is 1.99. The van der Waals surface area contributed by atoms with E-state index in [2.05, 4.69) is 60.4 Å². The van der Waals surface area contributed by atoms with Crippen LogP contribution in [0.3, 0.4) is 0 Å². The Morgan fingerprint density at radius 2 is 1.59 bits per heavy atom. The van der Waals surface area contributed by atoms with Gasteiger partial charge in [-0.1, -0.05) is 27.8 Å². The molecule has 2 heteroatoms. The maximum Gasteiger partial charge on any atom is 0.0609 e. The summed E-state index contributed by atoms with van der Waals surface area (Å²) < 4.78 is 1.09. The number of benzene rings is 1. The highest BCUT2D eigenvalue weighted by molar-refractivity contribution is 9.10. The molecule has 0 fully saturated rings. The van der Waals surface area contributed by atoms with Gasteiger partial charge in [0.25, 0.3) is 0 Å². The minimum atomic E-state index is 0.536. The number of rotatable bonds is 3. The monoisotopic (exact) mass is 293 g/mol. The first-order valence-corrected chi connectivity index (χ1v) is 6.80. The molecule has 17 heavy (non-hydrogen) atoms. The van der Waals surface area contributed by atoms with E-state index >= 15 is 0 Å². The highest BCUT2D eigenvalue weighted by atomic mass is 79.9. The van der Waals surface area contributed by atoms with Crippen molar-refractivity contribution >= 4 is 15.9 Å². The lowest BCUT2D eigenvalue weighted by Crippen LogP contribution is -2.37. The van der Waals surface area contributed by atoms with E-state index in [1.165, 1.54) is 0 Å². The van der Waals surface area contributed by atoms with Gasteiger partial charge in [0, 0.05) is 22.1 Å². The maximum absolute atomic E-state index is 3.42. The zero-order valence-electron chi connectivity index (χ0n) is 11.0. The molecule has 1 aromatic rings. The normalized spacial score (nSPS) is 10.8. The number of nitrogens with zero attached hydrogens (tertiary/aromatic N) is 1. The minimum absolute atomic E-state index is 0.536. The van der Waals surface area contributed by atoms with Gasteiger partial charge in [-0.05, 0) is 52.0 Å². The summed E-state index contributed by atoms with van der Waals surface area (Å²) in [5, 5.41) is 0. The van der Waals surface area contributed by atoms with Gasteiger partial charge in [-0.2, -0.15) is 0 Å². The van der Waals surface area contributed by atoms with Crippen LogP contribution >= 0.6 is 15.9 Å². The molecule has 0 N–H and O–H groups in total. The predicted octanol–water partition coefficient (Wildman–Crippen LogP) is 3.92. The van der Waals surface area contributed by atoms with Crippen molar-refractivity contribution in [1.29, 1.82) is 0 Å². The summed E-state index contributed by atoms with van der Waals surface area (Å²) >= 11 is 3.42. The van der Waals surface area contributed by atoms with Crippen molar-refractivity contribution in [2.75, 3.05) is 6.54 Å². The van der Waals surface area contributed by atoms with Gasteiger partial charge in [0.05, 0.1) is 6.54 Å². The van der Waals surface area contributed by atoms with Crippen molar-refractivity contribution in [2.24, 2.45) is 0 Å². The Morgan fingerprint density at radius 3 is 2.06 bits per heavy atom. The summed E-state index contributed by atoms with van der Waals surface area (Å²) in [6.07, 6.45) is 0. The van der Waals surface area contributed by atoms with Crippen molar-refractivity contribution in [3.05, 3.63) is 34.3 Å². The fraction of sp³-hybridized carbons (Fsp3) is 0.467. The number of hydrogen-bond acceptors (Lipinski definition) is 1. The zero-order chi connectivity index (χ0) is 12.8. The van der Waals surface area contributed by atoms with E-state index < -0.39 is 0 Å². The molecular weight excluding hydrogens is 274 g/mol. The predicted molar refractivity (Wildman–Crippen MR) is 78.0 cm³/mol. The van der Waals surface area contributed by atoms with Gasteiger partial charge in [0.2, 0.25) is 0 Å². The molecule has 0 amide bonds. The second-order valence-electron chi connectivity index (χ2n) is 4.67. The highest BCUT2D eigenvalue weighted by Gasteiger charge is 2.10. The van der Waals surface area contributed by atoms with E-state index in [9.17, 15) is 0 Å². The molecule has 0 heterocycles. The second-order valence-corrected chi connectivity index (χ2v) is 5.58.